The van der Waals surface area contributed by atoms with Gasteiger partial charge in [0.25, 0.3) is 0 Å². The van der Waals surface area contributed by atoms with E-state index >= 15 is 0 Å². The third-order valence-electron chi connectivity index (χ3n) is 6.67. The molecule has 25 heavy (non-hydrogen) atoms. The van der Waals surface area contributed by atoms with E-state index < -0.39 is 0 Å². The molecule has 1 saturated carbocycles. The van der Waals surface area contributed by atoms with Gasteiger partial charge in [0.15, 0.2) is 0 Å². The summed E-state index contributed by atoms with van der Waals surface area (Å²) in [6, 6.07) is 0.472. The number of rotatable bonds is 19. The molecule has 0 bridgehead atoms. The van der Waals surface area contributed by atoms with Gasteiger partial charge >= 0.3 is 0 Å². The first-order chi connectivity index (χ1) is 12.2. The van der Waals surface area contributed by atoms with Crippen molar-refractivity contribution in [1.29, 1.82) is 0 Å². The Balaban J connectivity index is 1.74. The Bertz CT molecular complexity index is 282. The third kappa shape index (κ3) is 12.9. The Morgan fingerprint density at radius 3 is 1.52 bits per heavy atom. The molecule has 0 saturated heterocycles. The van der Waals surface area contributed by atoms with Crippen molar-refractivity contribution < 1.29 is 0 Å². The van der Waals surface area contributed by atoms with Crippen LogP contribution in [0.5, 0.6) is 0 Å². The molecule has 0 aromatic heterocycles. The highest BCUT2D eigenvalue weighted by Gasteiger charge is 2.39. The molecule has 0 heterocycles. The average molecular weight is 352 g/mol. The molecule has 1 fully saturated rings. The van der Waals surface area contributed by atoms with Gasteiger partial charge in [-0.05, 0) is 37.5 Å². The van der Waals surface area contributed by atoms with E-state index in [4.69, 9.17) is 5.73 Å². The quantitative estimate of drug-likeness (QED) is 0.233. The number of hydrogen-bond donors (Lipinski definition) is 1. The van der Waals surface area contributed by atoms with Crippen molar-refractivity contribution in [3.63, 3.8) is 0 Å². The number of unbranched alkanes of at least 4 members (excludes halogenated alkanes) is 12. The van der Waals surface area contributed by atoms with Crippen LogP contribution >= 0.6 is 0 Å². The Hall–Kier alpha value is -0.0400. The Morgan fingerprint density at radius 1 is 0.640 bits per heavy atom. The largest absolute Gasteiger partial charge is 0.328 e. The molecule has 0 radical (unpaired) electrons. The van der Waals surface area contributed by atoms with Gasteiger partial charge in [-0.3, -0.25) is 0 Å². The molecule has 150 valence electrons. The Morgan fingerprint density at radius 2 is 1.08 bits per heavy atom. The van der Waals surface area contributed by atoms with Gasteiger partial charge in [-0.15, -0.1) is 0 Å². The molecule has 1 aliphatic carbocycles. The van der Waals surface area contributed by atoms with E-state index in [1.807, 2.05) is 0 Å². The molecule has 0 amide bonds. The zero-order valence-electron chi connectivity index (χ0n) is 17.8. The first-order valence-corrected chi connectivity index (χ1v) is 12.0. The highest BCUT2D eigenvalue weighted by molar-refractivity contribution is 4.91. The van der Waals surface area contributed by atoms with Gasteiger partial charge in [-0.1, -0.05) is 110 Å². The van der Waals surface area contributed by atoms with Crippen molar-refractivity contribution in [2.24, 2.45) is 11.1 Å². The molecule has 1 aliphatic rings. The van der Waals surface area contributed by atoms with E-state index in [0.717, 1.165) is 5.41 Å². The summed E-state index contributed by atoms with van der Waals surface area (Å²) in [5, 5.41) is 0. The summed E-state index contributed by atoms with van der Waals surface area (Å²) < 4.78 is 0. The van der Waals surface area contributed by atoms with Gasteiger partial charge in [-0.2, -0.15) is 0 Å². The monoisotopic (exact) mass is 351 g/mol. The first kappa shape index (κ1) is 23.0. The van der Waals surface area contributed by atoms with Crippen molar-refractivity contribution in [3.05, 3.63) is 0 Å². The fraction of sp³-hybridized carbons (Fsp3) is 1.00. The van der Waals surface area contributed by atoms with Crippen LogP contribution in [0.15, 0.2) is 0 Å². The van der Waals surface area contributed by atoms with Crippen molar-refractivity contribution in [3.8, 4) is 0 Å². The van der Waals surface area contributed by atoms with Crippen LogP contribution in [0.4, 0.5) is 0 Å². The smallest absolute Gasteiger partial charge is 0.00388 e. The standard InChI is InChI=1S/C24H49N/c1-3-5-6-7-9-12-15-18-23(25)19-16-13-10-8-11-14-17-20-24(4-2)21-22-24/h23H,3-22,25H2,1-2H3. The zero-order valence-corrected chi connectivity index (χ0v) is 17.8. The van der Waals surface area contributed by atoms with Crippen molar-refractivity contribution in [2.75, 3.05) is 0 Å². The van der Waals surface area contributed by atoms with Crippen LogP contribution in [0.2, 0.25) is 0 Å². The zero-order chi connectivity index (χ0) is 18.2. The molecule has 1 unspecified atom stereocenters. The van der Waals surface area contributed by atoms with Gasteiger partial charge in [0.2, 0.25) is 0 Å². The van der Waals surface area contributed by atoms with Crippen LogP contribution in [0.1, 0.15) is 142 Å². The first-order valence-electron chi connectivity index (χ1n) is 12.0. The SMILES string of the molecule is CCCCCCCCCC(N)CCCCCCCCCC1(CC)CC1. The second-order valence-corrected chi connectivity index (χ2v) is 9.04. The lowest BCUT2D eigenvalue weighted by atomic mass is 9.95. The maximum atomic E-state index is 6.28. The summed E-state index contributed by atoms with van der Waals surface area (Å²) in [5.41, 5.74) is 7.09. The van der Waals surface area contributed by atoms with Crippen molar-refractivity contribution in [2.45, 2.75) is 148 Å². The predicted octanol–water partition coefficient (Wildman–Crippen LogP) is 8.16. The van der Waals surface area contributed by atoms with Crippen LogP contribution in [-0.2, 0) is 0 Å². The lowest BCUT2D eigenvalue weighted by molar-refractivity contribution is 0.417. The summed E-state index contributed by atoms with van der Waals surface area (Å²) in [7, 11) is 0. The Kier molecular flexibility index (Phi) is 13.9. The lowest BCUT2D eigenvalue weighted by Crippen LogP contribution is -2.19. The molecule has 2 N–H and O–H groups in total. The maximum Gasteiger partial charge on any atom is 0.00388 e. The van der Waals surface area contributed by atoms with Crippen LogP contribution < -0.4 is 5.73 Å². The third-order valence-corrected chi connectivity index (χ3v) is 6.67. The van der Waals surface area contributed by atoms with Crippen molar-refractivity contribution >= 4 is 0 Å². The minimum absolute atomic E-state index is 0.472. The topological polar surface area (TPSA) is 26.0 Å². The summed E-state index contributed by atoms with van der Waals surface area (Å²) in [5.74, 6) is 0. The molecule has 0 aromatic rings. The van der Waals surface area contributed by atoms with E-state index in [1.165, 1.54) is 128 Å². The second kappa shape index (κ2) is 15.1. The summed E-state index contributed by atoms with van der Waals surface area (Å²) >= 11 is 0. The predicted molar refractivity (Wildman–Crippen MR) is 114 cm³/mol. The van der Waals surface area contributed by atoms with Crippen LogP contribution in [-0.4, -0.2) is 6.04 Å². The molecular formula is C24H49N. The Labute approximate surface area is 159 Å². The summed E-state index contributed by atoms with van der Waals surface area (Å²) in [6.07, 6.45) is 28.4. The van der Waals surface area contributed by atoms with E-state index in [9.17, 15) is 0 Å². The van der Waals surface area contributed by atoms with Gasteiger partial charge in [-0.25, -0.2) is 0 Å². The van der Waals surface area contributed by atoms with Crippen LogP contribution in [0.3, 0.4) is 0 Å². The molecule has 0 aliphatic heterocycles. The second-order valence-electron chi connectivity index (χ2n) is 9.04. The fourth-order valence-electron chi connectivity index (χ4n) is 4.26. The van der Waals surface area contributed by atoms with Crippen LogP contribution in [0.25, 0.3) is 0 Å². The van der Waals surface area contributed by atoms with Gasteiger partial charge < -0.3 is 5.73 Å². The van der Waals surface area contributed by atoms with E-state index in [-0.39, 0.29) is 0 Å². The summed E-state index contributed by atoms with van der Waals surface area (Å²) in [4.78, 5) is 0. The van der Waals surface area contributed by atoms with E-state index in [1.54, 1.807) is 0 Å². The molecule has 0 spiro atoms. The summed E-state index contributed by atoms with van der Waals surface area (Å²) in [6.45, 7) is 4.67. The maximum absolute atomic E-state index is 6.28. The molecule has 1 rings (SSSR count). The molecule has 0 aromatic carbocycles. The normalized spacial score (nSPS) is 16.9. The highest BCUT2D eigenvalue weighted by atomic mass is 14.6. The number of hydrogen-bond acceptors (Lipinski definition) is 1. The average Bonchev–Trinajstić information content (AvgIpc) is 3.40. The minimum atomic E-state index is 0.472. The minimum Gasteiger partial charge on any atom is -0.328 e. The molecule has 1 nitrogen and oxygen atoms in total. The van der Waals surface area contributed by atoms with Crippen molar-refractivity contribution in [1.82, 2.24) is 0 Å². The van der Waals surface area contributed by atoms with Crippen LogP contribution in [0, 0.1) is 5.41 Å². The fourth-order valence-corrected chi connectivity index (χ4v) is 4.26. The van der Waals surface area contributed by atoms with Gasteiger partial charge in [0, 0.05) is 6.04 Å². The van der Waals surface area contributed by atoms with E-state index in [2.05, 4.69) is 13.8 Å². The molecular weight excluding hydrogens is 302 g/mol. The lowest BCUT2D eigenvalue weighted by Gasteiger charge is -2.12. The van der Waals surface area contributed by atoms with Gasteiger partial charge in [0.1, 0.15) is 0 Å². The van der Waals surface area contributed by atoms with E-state index in [0.29, 0.717) is 6.04 Å². The highest BCUT2D eigenvalue weighted by Crippen LogP contribution is 2.52. The molecule has 1 heteroatoms. The number of nitrogens with two attached hydrogens (primary N) is 1. The molecule has 1 atom stereocenters. The van der Waals surface area contributed by atoms with Gasteiger partial charge in [0.05, 0.1) is 0 Å².